The van der Waals surface area contributed by atoms with Crippen molar-refractivity contribution in [1.82, 2.24) is 9.97 Å². The van der Waals surface area contributed by atoms with E-state index in [-0.39, 0.29) is 37.1 Å². The summed E-state index contributed by atoms with van der Waals surface area (Å²) in [6, 6.07) is 1.69. The first-order valence-corrected chi connectivity index (χ1v) is 5.59. The van der Waals surface area contributed by atoms with Crippen molar-refractivity contribution in [3.8, 4) is 6.01 Å². The Morgan fingerprint density at radius 3 is 2.59 bits per heavy atom. The average molecular weight is 264 g/mol. The van der Waals surface area contributed by atoms with E-state index in [4.69, 9.17) is 16.3 Å². The van der Waals surface area contributed by atoms with Gasteiger partial charge in [0.2, 0.25) is 0 Å². The zero-order valence-electron chi connectivity index (χ0n) is 9.29. The Hall–Kier alpha value is -1.17. The Morgan fingerprint density at radius 1 is 1.35 bits per heavy atom. The minimum Gasteiger partial charge on any atom is -0.467 e. The average Bonchev–Trinajstić information content (AvgIpc) is 2.28. The van der Waals surface area contributed by atoms with E-state index in [0.717, 1.165) is 0 Å². The molecule has 1 fully saturated rings. The van der Waals surface area contributed by atoms with Gasteiger partial charge in [0.15, 0.2) is 0 Å². The largest absolute Gasteiger partial charge is 0.467 e. The lowest BCUT2D eigenvalue weighted by Gasteiger charge is -2.32. The second-order valence-corrected chi connectivity index (χ2v) is 4.27. The number of alkyl halides is 2. The first kappa shape index (κ1) is 12.3. The first-order valence-electron chi connectivity index (χ1n) is 5.21. The molecule has 1 aromatic heterocycles. The van der Waals surface area contributed by atoms with Crippen molar-refractivity contribution in [2.75, 3.05) is 25.1 Å². The number of aromatic nitrogens is 2. The van der Waals surface area contributed by atoms with Crippen LogP contribution in [0.5, 0.6) is 6.01 Å². The van der Waals surface area contributed by atoms with Crippen LogP contribution in [0.2, 0.25) is 5.15 Å². The van der Waals surface area contributed by atoms with E-state index < -0.39 is 5.92 Å². The van der Waals surface area contributed by atoms with Crippen LogP contribution in [0, 0.1) is 0 Å². The van der Waals surface area contributed by atoms with E-state index in [1.54, 1.807) is 11.0 Å². The molecule has 0 amide bonds. The summed E-state index contributed by atoms with van der Waals surface area (Å²) >= 11 is 5.80. The molecule has 1 saturated heterocycles. The van der Waals surface area contributed by atoms with Crippen molar-refractivity contribution >= 4 is 17.4 Å². The summed E-state index contributed by atoms with van der Waals surface area (Å²) in [5, 5.41) is 0.240. The van der Waals surface area contributed by atoms with Gasteiger partial charge in [0.25, 0.3) is 5.92 Å². The SMILES string of the molecule is COc1nc(Cl)cc(N2CCC(F)(F)CC2)n1. The Kier molecular flexibility index (Phi) is 3.33. The molecule has 1 aliphatic heterocycles. The summed E-state index contributed by atoms with van der Waals surface area (Å²) in [6.07, 6.45) is -0.339. The van der Waals surface area contributed by atoms with Crippen LogP contribution >= 0.6 is 11.6 Å². The van der Waals surface area contributed by atoms with Crippen LogP contribution in [-0.4, -0.2) is 36.1 Å². The third-order valence-electron chi connectivity index (χ3n) is 2.66. The van der Waals surface area contributed by atoms with Crippen molar-refractivity contribution < 1.29 is 13.5 Å². The molecule has 0 atom stereocenters. The van der Waals surface area contributed by atoms with E-state index in [2.05, 4.69) is 9.97 Å². The minimum absolute atomic E-state index is 0.143. The highest BCUT2D eigenvalue weighted by Gasteiger charge is 2.34. The van der Waals surface area contributed by atoms with Crippen LogP contribution in [0.4, 0.5) is 14.6 Å². The standard InChI is InChI=1S/C10H12ClF2N3O/c1-17-9-14-7(11)6-8(15-9)16-4-2-10(12,13)3-5-16/h6H,2-5H2,1H3. The normalized spacial score (nSPS) is 19.2. The van der Waals surface area contributed by atoms with E-state index in [0.29, 0.717) is 5.82 Å². The second kappa shape index (κ2) is 4.60. The molecular formula is C10H12ClF2N3O. The molecular weight excluding hydrogens is 252 g/mol. The highest BCUT2D eigenvalue weighted by Crippen LogP contribution is 2.30. The van der Waals surface area contributed by atoms with Gasteiger partial charge in [0, 0.05) is 32.0 Å². The first-order chi connectivity index (χ1) is 8.00. The molecule has 7 heteroatoms. The van der Waals surface area contributed by atoms with Crippen LogP contribution in [0.1, 0.15) is 12.8 Å². The molecule has 0 saturated carbocycles. The van der Waals surface area contributed by atoms with Gasteiger partial charge in [-0.3, -0.25) is 0 Å². The number of piperidine rings is 1. The molecule has 0 radical (unpaired) electrons. The molecule has 94 valence electrons. The minimum atomic E-state index is -2.57. The molecule has 1 aromatic rings. The monoisotopic (exact) mass is 263 g/mol. The van der Waals surface area contributed by atoms with E-state index >= 15 is 0 Å². The number of hydrogen-bond donors (Lipinski definition) is 0. The molecule has 4 nitrogen and oxygen atoms in total. The maximum Gasteiger partial charge on any atom is 0.319 e. The number of ether oxygens (including phenoxy) is 1. The summed E-state index contributed by atoms with van der Waals surface area (Å²) in [4.78, 5) is 9.68. The van der Waals surface area contributed by atoms with Crippen molar-refractivity contribution in [3.05, 3.63) is 11.2 Å². The van der Waals surface area contributed by atoms with Crippen molar-refractivity contribution in [3.63, 3.8) is 0 Å². The Balaban J connectivity index is 2.15. The van der Waals surface area contributed by atoms with Crippen LogP contribution in [-0.2, 0) is 0 Å². The maximum atomic E-state index is 13.0. The molecule has 2 rings (SSSR count). The Morgan fingerprint density at radius 2 is 2.00 bits per heavy atom. The topological polar surface area (TPSA) is 38.2 Å². The lowest BCUT2D eigenvalue weighted by atomic mass is 10.1. The van der Waals surface area contributed by atoms with Gasteiger partial charge in [-0.15, -0.1) is 0 Å². The summed E-state index contributed by atoms with van der Waals surface area (Å²) in [7, 11) is 1.43. The molecule has 1 aliphatic rings. The fraction of sp³-hybridized carbons (Fsp3) is 0.600. The predicted octanol–water partition coefficient (Wildman–Crippen LogP) is 2.37. The van der Waals surface area contributed by atoms with Crippen molar-refractivity contribution in [2.24, 2.45) is 0 Å². The van der Waals surface area contributed by atoms with Gasteiger partial charge in [-0.2, -0.15) is 9.97 Å². The fourth-order valence-corrected chi connectivity index (χ4v) is 1.87. The van der Waals surface area contributed by atoms with Gasteiger partial charge in [-0.05, 0) is 0 Å². The van der Waals surface area contributed by atoms with Crippen molar-refractivity contribution in [1.29, 1.82) is 0 Å². The smallest absolute Gasteiger partial charge is 0.319 e. The third kappa shape index (κ3) is 2.94. The molecule has 0 unspecified atom stereocenters. The molecule has 0 aliphatic carbocycles. The van der Waals surface area contributed by atoms with E-state index in [1.165, 1.54) is 7.11 Å². The zero-order valence-corrected chi connectivity index (χ0v) is 10.0. The molecule has 0 spiro atoms. The number of halogens is 3. The highest BCUT2D eigenvalue weighted by atomic mass is 35.5. The number of hydrogen-bond acceptors (Lipinski definition) is 4. The highest BCUT2D eigenvalue weighted by molar-refractivity contribution is 6.29. The van der Waals surface area contributed by atoms with Gasteiger partial charge in [-0.25, -0.2) is 8.78 Å². The van der Waals surface area contributed by atoms with Crippen LogP contribution in [0.15, 0.2) is 6.07 Å². The number of anilines is 1. The lowest BCUT2D eigenvalue weighted by molar-refractivity contribution is -0.0221. The summed E-state index contributed by atoms with van der Waals surface area (Å²) in [6.45, 7) is 0.507. The molecule has 0 aromatic carbocycles. The Bertz CT molecular complexity index is 407. The predicted molar refractivity (Wildman–Crippen MR) is 60.0 cm³/mol. The van der Waals surface area contributed by atoms with Crippen molar-refractivity contribution in [2.45, 2.75) is 18.8 Å². The van der Waals surface area contributed by atoms with Gasteiger partial charge < -0.3 is 9.64 Å². The third-order valence-corrected chi connectivity index (χ3v) is 2.86. The van der Waals surface area contributed by atoms with E-state index in [9.17, 15) is 8.78 Å². The number of methoxy groups -OCH3 is 1. The summed E-state index contributed by atoms with van der Waals surface area (Å²) < 4.78 is 30.9. The number of nitrogens with zero attached hydrogens (tertiary/aromatic N) is 3. The lowest BCUT2D eigenvalue weighted by Crippen LogP contribution is -2.39. The second-order valence-electron chi connectivity index (χ2n) is 3.88. The number of rotatable bonds is 2. The molecule has 17 heavy (non-hydrogen) atoms. The molecule has 2 heterocycles. The summed E-state index contributed by atoms with van der Waals surface area (Å²) in [5.74, 6) is -2.05. The van der Waals surface area contributed by atoms with Gasteiger partial charge in [0.05, 0.1) is 7.11 Å². The quantitative estimate of drug-likeness (QED) is 0.768. The molecule has 0 bridgehead atoms. The summed E-state index contributed by atoms with van der Waals surface area (Å²) in [5.41, 5.74) is 0. The van der Waals surface area contributed by atoms with Gasteiger partial charge >= 0.3 is 6.01 Å². The van der Waals surface area contributed by atoms with Crippen LogP contribution in [0.3, 0.4) is 0 Å². The van der Waals surface area contributed by atoms with Gasteiger partial charge in [0.1, 0.15) is 11.0 Å². The van der Waals surface area contributed by atoms with Gasteiger partial charge in [-0.1, -0.05) is 11.6 Å². The van der Waals surface area contributed by atoms with Crippen LogP contribution in [0.25, 0.3) is 0 Å². The van der Waals surface area contributed by atoms with Crippen LogP contribution < -0.4 is 9.64 Å². The zero-order chi connectivity index (χ0) is 12.5. The fourth-order valence-electron chi connectivity index (χ4n) is 1.70. The molecule has 0 N–H and O–H groups in total. The maximum absolute atomic E-state index is 13.0. The van der Waals surface area contributed by atoms with E-state index in [1.807, 2.05) is 0 Å². The Labute approximate surface area is 103 Å².